The van der Waals surface area contributed by atoms with Crippen molar-refractivity contribution < 1.29 is 9.84 Å². The molecule has 0 spiro atoms. The summed E-state index contributed by atoms with van der Waals surface area (Å²) in [6, 6.07) is 5.54. The number of aryl methyl sites for hydroxylation is 1. The van der Waals surface area contributed by atoms with Crippen LogP contribution in [0.3, 0.4) is 0 Å². The van der Waals surface area contributed by atoms with Gasteiger partial charge in [-0.2, -0.15) is 0 Å². The van der Waals surface area contributed by atoms with E-state index in [1.807, 2.05) is 25.1 Å². The lowest BCUT2D eigenvalue weighted by atomic mass is 10.2. The van der Waals surface area contributed by atoms with E-state index in [-0.39, 0.29) is 0 Å². The lowest BCUT2D eigenvalue weighted by molar-refractivity contribution is 0.0758. The molecule has 1 fully saturated rings. The Morgan fingerprint density at radius 1 is 1.39 bits per heavy atom. The molecule has 1 aromatic carbocycles. The molecule has 1 saturated heterocycles. The van der Waals surface area contributed by atoms with Crippen molar-refractivity contribution in [3.63, 3.8) is 0 Å². The number of likely N-dealkylation sites (tertiary alicyclic amines) is 1. The number of rotatable bonds is 5. The van der Waals surface area contributed by atoms with Gasteiger partial charge in [-0.25, -0.2) is 0 Å². The smallest absolute Gasteiger partial charge is 0.119 e. The minimum absolute atomic E-state index is 0.331. The molecule has 0 aliphatic carbocycles. The first-order chi connectivity index (χ1) is 8.65. The van der Waals surface area contributed by atoms with Crippen LogP contribution in [0, 0.1) is 6.92 Å². The minimum atomic E-state index is -0.431. The Kier molecular flexibility index (Phi) is 4.87. The molecule has 1 atom stereocenters. The minimum Gasteiger partial charge on any atom is -0.491 e. The third-order valence-corrected chi connectivity index (χ3v) is 3.66. The summed E-state index contributed by atoms with van der Waals surface area (Å²) in [5.74, 6) is 0.761. The molecular weight excluding hydrogens is 250 g/mol. The third-order valence-electron chi connectivity index (χ3n) is 3.24. The highest BCUT2D eigenvalue weighted by molar-refractivity contribution is 6.31. The second kappa shape index (κ2) is 6.41. The van der Waals surface area contributed by atoms with Gasteiger partial charge in [0.15, 0.2) is 0 Å². The first kappa shape index (κ1) is 13.7. The SMILES string of the molecule is Cc1cc(OCC(O)CN2CCCC2)ccc1Cl. The normalized spacial score (nSPS) is 17.9. The molecule has 1 N–H and O–H groups in total. The number of aliphatic hydroxyl groups is 1. The van der Waals surface area contributed by atoms with Crippen molar-refractivity contribution in [2.45, 2.75) is 25.9 Å². The Morgan fingerprint density at radius 3 is 2.78 bits per heavy atom. The Bertz CT molecular complexity index is 391. The zero-order valence-electron chi connectivity index (χ0n) is 10.7. The topological polar surface area (TPSA) is 32.7 Å². The molecule has 100 valence electrons. The molecular formula is C14H20ClNO2. The molecule has 0 aromatic heterocycles. The van der Waals surface area contributed by atoms with Crippen LogP contribution in [-0.4, -0.2) is 42.4 Å². The molecule has 0 radical (unpaired) electrons. The van der Waals surface area contributed by atoms with Crippen molar-refractivity contribution in [1.29, 1.82) is 0 Å². The Labute approximate surface area is 113 Å². The molecule has 0 saturated carbocycles. The van der Waals surface area contributed by atoms with Gasteiger partial charge in [-0.15, -0.1) is 0 Å². The van der Waals surface area contributed by atoms with Crippen molar-refractivity contribution in [2.75, 3.05) is 26.2 Å². The van der Waals surface area contributed by atoms with E-state index >= 15 is 0 Å². The van der Waals surface area contributed by atoms with Gasteiger partial charge >= 0.3 is 0 Å². The van der Waals surface area contributed by atoms with Gasteiger partial charge in [0.25, 0.3) is 0 Å². The summed E-state index contributed by atoms with van der Waals surface area (Å²) in [6.07, 6.45) is 2.05. The number of hydrogen-bond donors (Lipinski definition) is 1. The molecule has 0 bridgehead atoms. The molecule has 1 heterocycles. The summed E-state index contributed by atoms with van der Waals surface area (Å²) < 4.78 is 5.58. The van der Waals surface area contributed by atoms with Crippen LogP contribution in [0.2, 0.25) is 5.02 Å². The van der Waals surface area contributed by atoms with E-state index < -0.39 is 6.10 Å². The van der Waals surface area contributed by atoms with Crippen LogP contribution in [0.25, 0.3) is 0 Å². The standard InChI is InChI=1S/C14H20ClNO2/c1-11-8-13(4-5-14(11)15)18-10-12(17)9-16-6-2-3-7-16/h4-5,8,12,17H,2-3,6-7,9-10H2,1H3. The van der Waals surface area contributed by atoms with E-state index in [0.29, 0.717) is 13.2 Å². The maximum Gasteiger partial charge on any atom is 0.119 e. The summed E-state index contributed by atoms with van der Waals surface area (Å²) in [4.78, 5) is 2.28. The van der Waals surface area contributed by atoms with Gasteiger partial charge in [-0.3, -0.25) is 0 Å². The van der Waals surface area contributed by atoms with Gasteiger partial charge in [-0.05, 0) is 56.6 Å². The van der Waals surface area contributed by atoms with Gasteiger partial charge in [0.1, 0.15) is 18.5 Å². The van der Waals surface area contributed by atoms with Gasteiger partial charge in [0.05, 0.1) is 0 Å². The monoisotopic (exact) mass is 269 g/mol. The summed E-state index contributed by atoms with van der Waals surface area (Å²) in [5.41, 5.74) is 0.989. The molecule has 1 aliphatic heterocycles. The molecule has 1 aromatic rings. The first-order valence-electron chi connectivity index (χ1n) is 6.44. The van der Waals surface area contributed by atoms with Gasteiger partial charge in [0.2, 0.25) is 0 Å². The van der Waals surface area contributed by atoms with Crippen molar-refractivity contribution in [3.8, 4) is 5.75 Å². The number of nitrogens with zero attached hydrogens (tertiary/aromatic N) is 1. The quantitative estimate of drug-likeness (QED) is 0.891. The van der Waals surface area contributed by atoms with Crippen molar-refractivity contribution >= 4 is 11.6 Å². The summed E-state index contributed by atoms with van der Waals surface area (Å²) in [7, 11) is 0. The third kappa shape index (κ3) is 3.87. The number of β-amino-alcohol motifs (C(OH)–C–C–N with tert-alkyl or cyclic N) is 1. The number of aliphatic hydroxyl groups excluding tert-OH is 1. The largest absolute Gasteiger partial charge is 0.491 e. The van der Waals surface area contributed by atoms with E-state index in [2.05, 4.69) is 4.90 Å². The number of benzene rings is 1. The van der Waals surface area contributed by atoms with E-state index in [9.17, 15) is 5.11 Å². The van der Waals surface area contributed by atoms with Gasteiger partial charge in [-0.1, -0.05) is 11.6 Å². The Balaban J connectivity index is 1.77. The van der Waals surface area contributed by atoms with E-state index in [1.165, 1.54) is 12.8 Å². The number of hydrogen-bond acceptors (Lipinski definition) is 3. The van der Waals surface area contributed by atoms with Gasteiger partial charge in [0, 0.05) is 11.6 Å². The van der Waals surface area contributed by atoms with E-state index in [0.717, 1.165) is 29.4 Å². The molecule has 1 unspecified atom stereocenters. The predicted octanol–water partition coefficient (Wildman–Crippen LogP) is 2.48. The van der Waals surface area contributed by atoms with Gasteiger partial charge < -0.3 is 14.7 Å². The molecule has 4 heteroatoms. The highest BCUT2D eigenvalue weighted by Crippen LogP contribution is 2.21. The fraction of sp³-hybridized carbons (Fsp3) is 0.571. The van der Waals surface area contributed by atoms with Crippen LogP contribution in [-0.2, 0) is 0 Å². The van der Waals surface area contributed by atoms with Crippen molar-refractivity contribution in [2.24, 2.45) is 0 Å². The second-order valence-corrected chi connectivity index (χ2v) is 5.29. The lowest BCUT2D eigenvalue weighted by Gasteiger charge is -2.19. The zero-order valence-corrected chi connectivity index (χ0v) is 11.5. The van der Waals surface area contributed by atoms with E-state index in [1.54, 1.807) is 0 Å². The Hall–Kier alpha value is -0.770. The number of ether oxygens (including phenoxy) is 1. The predicted molar refractivity (Wildman–Crippen MR) is 73.4 cm³/mol. The average molecular weight is 270 g/mol. The molecule has 2 rings (SSSR count). The maximum atomic E-state index is 9.90. The average Bonchev–Trinajstić information content (AvgIpc) is 2.83. The van der Waals surface area contributed by atoms with Crippen LogP contribution in [0.4, 0.5) is 0 Å². The Morgan fingerprint density at radius 2 is 2.11 bits per heavy atom. The summed E-state index contributed by atoms with van der Waals surface area (Å²) in [5, 5.41) is 10.6. The zero-order chi connectivity index (χ0) is 13.0. The number of halogens is 1. The van der Waals surface area contributed by atoms with Crippen LogP contribution in [0.5, 0.6) is 5.75 Å². The molecule has 0 amide bonds. The molecule has 18 heavy (non-hydrogen) atoms. The highest BCUT2D eigenvalue weighted by atomic mass is 35.5. The summed E-state index contributed by atoms with van der Waals surface area (Å²) in [6.45, 7) is 5.16. The lowest BCUT2D eigenvalue weighted by Crippen LogP contribution is -2.33. The van der Waals surface area contributed by atoms with Crippen LogP contribution in [0.15, 0.2) is 18.2 Å². The fourth-order valence-electron chi connectivity index (χ4n) is 2.22. The van der Waals surface area contributed by atoms with Crippen LogP contribution < -0.4 is 4.74 Å². The fourth-order valence-corrected chi connectivity index (χ4v) is 2.33. The van der Waals surface area contributed by atoms with E-state index in [4.69, 9.17) is 16.3 Å². The van der Waals surface area contributed by atoms with Crippen LogP contribution in [0.1, 0.15) is 18.4 Å². The summed E-state index contributed by atoms with van der Waals surface area (Å²) >= 11 is 5.95. The van der Waals surface area contributed by atoms with Crippen molar-refractivity contribution in [3.05, 3.63) is 28.8 Å². The highest BCUT2D eigenvalue weighted by Gasteiger charge is 2.16. The first-order valence-corrected chi connectivity index (χ1v) is 6.82. The maximum absolute atomic E-state index is 9.90. The molecule has 3 nitrogen and oxygen atoms in total. The van der Waals surface area contributed by atoms with Crippen molar-refractivity contribution in [1.82, 2.24) is 4.90 Å². The second-order valence-electron chi connectivity index (χ2n) is 4.88. The molecule has 1 aliphatic rings. The van der Waals surface area contributed by atoms with Crippen LogP contribution >= 0.6 is 11.6 Å².